The molecule has 1 aliphatic carbocycles. The summed E-state index contributed by atoms with van der Waals surface area (Å²) in [5, 5.41) is 0. The number of hydrogen-bond donors (Lipinski definition) is 0. The quantitative estimate of drug-likeness (QED) is 0.388. The summed E-state index contributed by atoms with van der Waals surface area (Å²) in [5.74, 6) is -52.9. The van der Waals surface area contributed by atoms with Gasteiger partial charge in [-0.1, -0.05) is 0 Å². The maximum atomic E-state index is 14.2. The average Bonchev–Trinajstić information content (AvgIpc) is 2.48. The van der Waals surface area contributed by atoms with E-state index in [1.54, 1.807) is 0 Å². The van der Waals surface area contributed by atoms with Crippen LogP contribution in [0.2, 0.25) is 0 Å². The minimum atomic E-state index is -9.33. The van der Waals surface area contributed by atoms with Crippen LogP contribution in [0.4, 0.5) is 87.8 Å². The van der Waals surface area contributed by atoms with Crippen molar-refractivity contribution in [1.29, 1.82) is 0 Å². The highest BCUT2D eigenvalue weighted by Gasteiger charge is 3.10. The van der Waals surface area contributed by atoms with Gasteiger partial charge in [0.25, 0.3) is 11.3 Å². The van der Waals surface area contributed by atoms with Crippen LogP contribution in [0.1, 0.15) is 0 Å². The molecule has 0 N–H and O–H groups in total. The molecule has 0 aromatic carbocycles. The van der Waals surface area contributed by atoms with Gasteiger partial charge in [-0.2, -0.15) is 79.0 Å². The van der Waals surface area contributed by atoms with E-state index < -0.39 is 59.2 Å². The first-order valence-corrected chi connectivity index (χ1v) is 6.28. The summed E-state index contributed by atoms with van der Waals surface area (Å²) in [6.07, 6.45) is -16.7. The highest BCUT2D eigenvalue weighted by Crippen LogP contribution is 2.77. The van der Waals surface area contributed by atoms with Crippen LogP contribution in [0.3, 0.4) is 0 Å². The molecular formula is C10F20. The molecule has 0 aromatic heterocycles. The van der Waals surface area contributed by atoms with E-state index >= 15 is 0 Å². The van der Waals surface area contributed by atoms with Gasteiger partial charge in [0.15, 0.2) is 0 Å². The van der Waals surface area contributed by atoms with Gasteiger partial charge in [0.2, 0.25) is 0 Å². The lowest BCUT2D eigenvalue weighted by Gasteiger charge is -2.58. The molecule has 0 nitrogen and oxygen atoms in total. The third kappa shape index (κ3) is 2.22. The van der Waals surface area contributed by atoms with Crippen molar-refractivity contribution in [3.63, 3.8) is 0 Å². The van der Waals surface area contributed by atoms with Crippen LogP contribution in [-0.2, 0) is 0 Å². The maximum absolute atomic E-state index is 14.2. The summed E-state index contributed by atoms with van der Waals surface area (Å²) in [6, 6.07) is 0. The molecule has 0 radical (unpaired) electrons. The highest BCUT2D eigenvalue weighted by atomic mass is 19.4. The monoisotopic (exact) mass is 500 g/mol. The molecule has 0 amide bonds. The zero-order valence-corrected chi connectivity index (χ0v) is 12.6. The number of rotatable bonds is 2. The lowest BCUT2D eigenvalue weighted by atomic mass is 9.60. The van der Waals surface area contributed by atoms with Crippen molar-refractivity contribution in [2.45, 2.75) is 59.2 Å². The lowest BCUT2D eigenvalue weighted by molar-refractivity contribution is -0.532. The Kier molecular flexibility index (Phi) is 5.05. The van der Waals surface area contributed by atoms with Gasteiger partial charge in [0, 0.05) is 0 Å². The van der Waals surface area contributed by atoms with E-state index in [2.05, 4.69) is 0 Å². The summed E-state index contributed by atoms with van der Waals surface area (Å²) in [6.45, 7) is 0. The third-order valence-electron chi connectivity index (χ3n) is 4.10. The average molecular weight is 500 g/mol. The second-order valence-electron chi connectivity index (χ2n) is 5.76. The zero-order chi connectivity index (χ0) is 25.0. The molecule has 0 bridgehead atoms. The van der Waals surface area contributed by atoms with Crippen molar-refractivity contribution in [1.82, 2.24) is 0 Å². The molecule has 0 spiro atoms. The molecule has 180 valence electrons. The minimum Gasteiger partial charge on any atom is -0.226 e. The van der Waals surface area contributed by atoms with E-state index in [1.807, 2.05) is 0 Å². The van der Waals surface area contributed by atoms with Crippen LogP contribution in [0.15, 0.2) is 0 Å². The van der Waals surface area contributed by atoms with Gasteiger partial charge in [-0.25, -0.2) is 8.78 Å². The third-order valence-corrected chi connectivity index (χ3v) is 4.10. The van der Waals surface area contributed by atoms with Crippen LogP contribution in [0.25, 0.3) is 0 Å². The summed E-state index contributed by atoms with van der Waals surface area (Å²) in [4.78, 5) is 0. The Bertz CT molecular complexity index is 633. The van der Waals surface area contributed by atoms with E-state index in [-0.39, 0.29) is 0 Å². The van der Waals surface area contributed by atoms with Crippen molar-refractivity contribution < 1.29 is 87.8 Å². The molecule has 0 aromatic rings. The molecule has 30 heavy (non-hydrogen) atoms. The molecule has 0 aliphatic heterocycles. The molecule has 0 saturated heterocycles. The number of hydrogen-bond acceptors (Lipinski definition) is 0. The van der Waals surface area contributed by atoms with E-state index in [0.717, 1.165) is 0 Å². The SMILES string of the molecule is FC(F)(F)C(F)(F)C1(F)C(F)(F)C(F)(F)C(F)(F)C(F)(F)C1(F)C(F)(F)C(F)(F)F. The van der Waals surface area contributed by atoms with Crippen LogP contribution in [0.5, 0.6) is 0 Å². The molecule has 2 unspecified atom stereocenters. The van der Waals surface area contributed by atoms with Gasteiger partial charge in [0.1, 0.15) is 0 Å². The van der Waals surface area contributed by atoms with Crippen molar-refractivity contribution in [2.75, 3.05) is 0 Å². The normalized spacial score (nSPS) is 34.0. The number of halogens is 20. The van der Waals surface area contributed by atoms with Crippen molar-refractivity contribution in [2.24, 2.45) is 0 Å². The highest BCUT2D eigenvalue weighted by molar-refractivity contribution is 5.37. The van der Waals surface area contributed by atoms with Gasteiger partial charge in [-0.05, 0) is 0 Å². The molecule has 1 saturated carbocycles. The second kappa shape index (κ2) is 5.69. The van der Waals surface area contributed by atoms with E-state index in [1.165, 1.54) is 0 Å². The van der Waals surface area contributed by atoms with Crippen LogP contribution < -0.4 is 0 Å². The Hall–Kier alpha value is -1.40. The Morgan fingerprint density at radius 3 is 0.600 bits per heavy atom. The predicted molar refractivity (Wildman–Crippen MR) is 49.5 cm³/mol. The van der Waals surface area contributed by atoms with E-state index in [9.17, 15) is 87.8 Å². The lowest BCUT2D eigenvalue weighted by Crippen LogP contribution is -2.93. The van der Waals surface area contributed by atoms with E-state index in [0.29, 0.717) is 0 Å². The Morgan fingerprint density at radius 1 is 0.300 bits per heavy atom. The topological polar surface area (TPSA) is 0 Å². The van der Waals surface area contributed by atoms with Gasteiger partial charge < -0.3 is 0 Å². The maximum Gasteiger partial charge on any atom is 0.457 e. The fraction of sp³-hybridized carbons (Fsp3) is 1.00. The molecule has 2 atom stereocenters. The standard InChI is InChI=1S/C10F20/c11-1(5(17,18)9(25,26)27)2(12,6(19,20)10(28,29)30)4(15,16)8(23,24)7(21,22)3(1,13)14. The van der Waals surface area contributed by atoms with Crippen molar-refractivity contribution in [3.05, 3.63) is 0 Å². The molecule has 20 heteroatoms. The number of alkyl halides is 20. The summed E-state index contributed by atoms with van der Waals surface area (Å²) in [5.41, 5.74) is -18.7. The van der Waals surface area contributed by atoms with Crippen molar-refractivity contribution >= 4 is 0 Å². The largest absolute Gasteiger partial charge is 0.457 e. The first-order chi connectivity index (χ1) is 12.5. The first kappa shape index (κ1) is 26.6. The van der Waals surface area contributed by atoms with Gasteiger partial charge in [-0.3, -0.25) is 0 Å². The van der Waals surface area contributed by atoms with Crippen LogP contribution in [0, 0.1) is 0 Å². The van der Waals surface area contributed by atoms with E-state index in [4.69, 9.17) is 0 Å². The van der Waals surface area contributed by atoms with Gasteiger partial charge in [-0.15, -0.1) is 0 Å². The molecule has 1 aliphatic rings. The predicted octanol–water partition coefficient (Wildman–Crippen LogP) is 6.35. The Balaban J connectivity index is 4.47. The fourth-order valence-electron chi connectivity index (χ4n) is 2.48. The zero-order valence-electron chi connectivity index (χ0n) is 12.6. The fourth-order valence-corrected chi connectivity index (χ4v) is 2.48. The summed E-state index contributed by atoms with van der Waals surface area (Å²) in [7, 11) is 0. The first-order valence-electron chi connectivity index (χ1n) is 6.28. The molecule has 0 heterocycles. The molecule has 1 fully saturated rings. The Morgan fingerprint density at radius 2 is 0.467 bits per heavy atom. The molecule has 1 rings (SSSR count). The second-order valence-corrected chi connectivity index (χ2v) is 5.76. The van der Waals surface area contributed by atoms with Gasteiger partial charge >= 0.3 is 47.9 Å². The summed E-state index contributed by atoms with van der Waals surface area (Å²) < 4.78 is 261. The van der Waals surface area contributed by atoms with Crippen LogP contribution in [-0.4, -0.2) is 59.2 Å². The minimum absolute atomic E-state index is 8.36. The van der Waals surface area contributed by atoms with Crippen LogP contribution >= 0.6 is 0 Å². The van der Waals surface area contributed by atoms with Crippen molar-refractivity contribution in [3.8, 4) is 0 Å². The Labute approximate surface area is 148 Å². The molecular weight excluding hydrogens is 500 g/mol. The van der Waals surface area contributed by atoms with Gasteiger partial charge in [0.05, 0.1) is 0 Å². The smallest absolute Gasteiger partial charge is 0.226 e. The summed E-state index contributed by atoms with van der Waals surface area (Å²) >= 11 is 0.